The molecule has 1 aromatic rings. The van der Waals surface area contributed by atoms with Gasteiger partial charge in [-0.15, -0.1) is 0 Å². The number of hydrogen-bond donors (Lipinski definition) is 2. The fraction of sp³-hybridized carbons (Fsp3) is 0.364. The van der Waals surface area contributed by atoms with E-state index in [1.54, 1.807) is 19.9 Å². The van der Waals surface area contributed by atoms with Crippen LogP contribution in [0.4, 0.5) is 5.69 Å². The van der Waals surface area contributed by atoms with E-state index in [-0.39, 0.29) is 5.69 Å². The average Bonchev–Trinajstić information content (AvgIpc) is 2.27. The number of anilines is 1. The minimum Gasteiger partial charge on any atom is -0.464 e. The van der Waals surface area contributed by atoms with Crippen LogP contribution in [0.2, 0.25) is 0 Å². The number of aromatic nitrogens is 1. The van der Waals surface area contributed by atoms with Gasteiger partial charge in [0.1, 0.15) is 11.2 Å². The molecule has 0 aliphatic carbocycles. The molecule has 6 nitrogen and oxygen atoms in total. The van der Waals surface area contributed by atoms with E-state index in [0.29, 0.717) is 5.69 Å². The summed E-state index contributed by atoms with van der Waals surface area (Å²) in [5.41, 5.74) is 5.06. The lowest BCUT2D eigenvalue weighted by Crippen LogP contribution is -2.45. The van der Waals surface area contributed by atoms with Gasteiger partial charge in [0.25, 0.3) is 0 Å². The van der Waals surface area contributed by atoms with E-state index in [4.69, 9.17) is 5.73 Å². The minimum atomic E-state index is -0.908. The van der Waals surface area contributed by atoms with E-state index >= 15 is 0 Å². The van der Waals surface area contributed by atoms with E-state index < -0.39 is 17.4 Å². The molecule has 92 valence electrons. The van der Waals surface area contributed by atoms with Crippen LogP contribution >= 0.6 is 0 Å². The van der Waals surface area contributed by atoms with Gasteiger partial charge in [-0.05, 0) is 26.0 Å². The van der Waals surface area contributed by atoms with Crippen LogP contribution in [0, 0.1) is 0 Å². The molecule has 1 aromatic heterocycles. The maximum Gasteiger partial charge on any atom is 0.356 e. The van der Waals surface area contributed by atoms with Gasteiger partial charge in [0.2, 0.25) is 5.91 Å². The summed E-state index contributed by atoms with van der Waals surface area (Å²) in [6.45, 7) is 3.29. The fourth-order valence-electron chi connectivity index (χ4n) is 1.15. The Kier molecular flexibility index (Phi) is 3.67. The molecule has 0 aromatic carbocycles. The van der Waals surface area contributed by atoms with Crippen molar-refractivity contribution >= 4 is 17.6 Å². The highest BCUT2D eigenvalue weighted by Crippen LogP contribution is 2.15. The van der Waals surface area contributed by atoms with Gasteiger partial charge in [-0.2, -0.15) is 0 Å². The first-order valence-electron chi connectivity index (χ1n) is 4.99. The largest absolute Gasteiger partial charge is 0.464 e. The number of esters is 1. The summed E-state index contributed by atoms with van der Waals surface area (Å²) in [5, 5.41) is 2.91. The molecule has 0 spiro atoms. The van der Waals surface area contributed by atoms with E-state index in [1.165, 1.54) is 19.4 Å². The van der Waals surface area contributed by atoms with Crippen LogP contribution in [0.15, 0.2) is 18.3 Å². The Bertz CT molecular complexity index is 443. The predicted molar refractivity (Wildman–Crippen MR) is 62.5 cm³/mol. The summed E-state index contributed by atoms with van der Waals surface area (Å²) in [4.78, 5) is 26.3. The highest BCUT2D eigenvalue weighted by molar-refractivity contribution is 5.89. The standard InChI is InChI=1S/C11H15N3O3/c1-11(2,10(12)16)14-7-4-5-13-8(6-7)9(15)17-3/h4-6H,1-3H3,(H2,12,16)(H,13,14). The van der Waals surface area contributed by atoms with Crippen molar-refractivity contribution in [1.29, 1.82) is 0 Å². The third-order valence-electron chi connectivity index (χ3n) is 2.23. The monoisotopic (exact) mass is 237 g/mol. The van der Waals surface area contributed by atoms with Crippen molar-refractivity contribution in [3.8, 4) is 0 Å². The normalized spacial score (nSPS) is 10.8. The lowest BCUT2D eigenvalue weighted by atomic mass is 10.0. The van der Waals surface area contributed by atoms with E-state index in [1.807, 2.05) is 0 Å². The summed E-state index contributed by atoms with van der Waals surface area (Å²) in [6, 6.07) is 3.13. The average molecular weight is 237 g/mol. The minimum absolute atomic E-state index is 0.165. The first-order valence-corrected chi connectivity index (χ1v) is 4.99. The summed E-state index contributed by atoms with van der Waals surface area (Å²) in [6.07, 6.45) is 1.45. The number of methoxy groups -OCH3 is 1. The number of pyridine rings is 1. The molecule has 0 aliphatic heterocycles. The van der Waals surface area contributed by atoms with Gasteiger partial charge >= 0.3 is 5.97 Å². The van der Waals surface area contributed by atoms with Crippen LogP contribution in [-0.4, -0.2) is 29.5 Å². The Labute approximate surface area is 99.2 Å². The molecule has 0 saturated carbocycles. The summed E-state index contributed by atoms with van der Waals surface area (Å²) in [7, 11) is 1.28. The van der Waals surface area contributed by atoms with Crippen molar-refractivity contribution < 1.29 is 14.3 Å². The zero-order chi connectivity index (χ0) is 13.1. The van der Waals surface area contributed by atoms with Gasteiger partial charge in [-0.25, -0.2) is 9.78 Å². The summed E-state index contributed by atoms with van der Waals surface area (Å²) >= 11 is 0. The van der Waals surface area contributed by atoms with Gasteiger partial charge in [0, 0.05) is 11.9 Å². The molecule has 0 aliphatic rings. The Balaban J connectivity index is 2.93. The molecule has 3 N–H and O–H groups in total. The number of carbonyl (C=O) groups excluding carboxylic acids is 2. The first kappa shape index (κ1) is 13.0. The van der Waals surface area contributed by atoms with Crippen LogP contribution in [0.3, 0.4) is 0 Å². The number of rotatable bonds is 4. The van der Waals surface area contributed by atoms with Crippen molar-refractivity contribution in [2.24, 2.45) is 5.73 Å². The van der Waals surface area contributed by atoms with Crippen LogP contribution in [0.1, 0.15) is 24.3 Å². The maximum atomic E-state index is 11.3. The smallest absolute Gasteiger partial charge is 0.356 e. The molecular weight excluding hydrogens is 222 g/mol. The van der Waals surface area contributed by atoms with Gasteiger partial charge in [-0.1, -0.05) is 0 Å². The zero-order valence-corrected chi connectivity index (χ0v) is 9.98. The molecule has 0 saturated heterocycles. The number of nitrogens with one attached hydrogen (secondary N) is 1. The maximum absolute atomic E-state index is 11.3. The molecule has 1 rings (SSSR count). The van der Waals surface area contributed by atoms with Gasteiger partial charge in [0.15, 0.2) is 0 Å². The molecular formula is C11H15N3O3. The predicted octanol–water partition coefficient (Wildman–Crippen LogP) is 0.544. The van der Waals surface area contributed by atoms with Gasteiger partial charge in [0.05, 0.1) is 7.11 Å². The highest BCUT2D eigenvalue weighted by atomic mass is 16.5. The molecule has 17 heavy (non-hydrogen) atoms. The molecule has 6 heteroatoms. The number of nitrogens with two attached hydrogens (primary N) is 1. The molecule has 1 heterocycles. The van der Waals surface area contributed by atoms with Crippen LogP contribution < -0.4 is 11.1 Å². The van der Waals surface area contributed by atoms with E-state index in [9.17, 15) is 9.59 Å². The van der Waals surface area contributed by atoms with Crippen molar-refractivity contribution in [3.05, 3.63) is 24.0 Å². The SMILES string of the molecule is COC(=O)c1cc(NC(C)(C)C(N)=O)ccn1. The molecule has 0 fully saturated rings. The molecule has 0 bridgehead atoms. The molecule has 0 atom stereocenters. The zero-order valence-electron chi connectivity index (χ0n) is 9.98. The topological polar surface area (TPSA) is 94.3 Å². The van der Waals surface area contributed by atoms with Gasteiger partial charge < -0.3 is 15.8 Å². The number of amides is 1. The van der Waals surface area contributed by atoms with Crippen molar-refractivity contribution in [1.82, 2.24) is 4.98 Å². The number of hydrogen-bond acceptors (Lipinski definition) is 5. The molecule has 0 radical (unpaired) electrons. The van der Waals surface area contributed by atoms with Crippen molar-refractivity contribution in [2.45, 2.75) is 19.4 Å². The Hall–Kier alpha value is -2.11. The number of nitrogens with zero attached hydrogens (tertiary/aromatic N) is 1. The fourth-order valence-corrected chi connectivity index (χ4v) is 1.15. The van der Waals surface area contributed by atoms with Gasteiger partial charge in [-0.3, -0.25) is 4.79 Å². The molecule has 0 unspecified atom stereocenters. The molecule has 1 amide bonds. The third-order valence-corrected chi connectivity index (χ3v) is 2.23. The second-order valence-electron chi connectivity index (χ2n) is 4.04. The Morgan fingerprint density at radius 3 is 2.65 bits per heavy atom. The second kappa shape index (κ2) is 4.82. The summed E-state index contributed by atoms with van der Waals surface area (Å²) in [5.74, 6) is -1.03. The van der Waals surface area contributed by atoms with E-state index in [2.05, 4.69) is 15.0 Å². The number of primary amides is 1. The van der Waals surface area contributed by atoms with Crippen molar-refractivity contribution in [3.63, 3.8) is 0 Å². The Morgan fingerprint density at radius 1 is 1.47 bits per heavy atom. The Morgan fingerprint density at radius 2 is 2.12 bits per heavy atom. The lowest BCUT2D eigenvalue weighted by Gasteiger charge is -2.23. The third kappa shape index (κ3) is 3.17. The lowest BCUT2D eigenvalue weighted by molar-refractivity contribution is -0.121. The number of carbonyl (C=O) groups is 2. The van der Waals surface area contributed by atoms with Crippen LogP contribution in [0.5, 0.6) is 0 Å². The van der Waals surface area contributed by atoms with E-state index in [0.717, 1.165) is 0 Å². The first-order chi connectivity index (χ1) is 7.86. The second-order valence-corrected chi connectivity index (χ2v) is 4.04. The summed E-state index contributed by atoms with van der Waals surface area (Å²) < 4.78 is 4.55. The quantitative estimate of drug-likeness (QED) is 0.745. The van der Waals surface area contributed by atoms with Crippen LogP contribution in [0.25, 0.3) is 0 Å². The van der Waals surface area contributed by atoms with Crippen molar-refractivity contribution in [2.75, 3.05) is 12.4 Å². The number of ether oxygens (including phenoxy) is 1. The highest BCUT2D eigenvalue weighted by Gasteiger charge is 2.24. The van der Waals surface area contributed by atoms with Crippen LogP contribution in [-0.2, 0) is 9.53 Å².